The van der Waals surface area contributed by atoms with Crippen molar-refractivity contribution in [3.8, 4) is 28.7 Å². The van der Waals surface area contributed by atoms with Crippen molar-refractivity contribution in [3.63, 3.8) is 0 Å². The molecule has 0 saturated heterocycles. The quantitative estimate of drug-likeness (QED) is 0.221. The van der Waals surface area contributed by atoms with Crippen LogP contribution in [0.1, 0.15) is 31.2 Å². The highest BCUT2D eigenvalue weighted by atomic mass is 35.5. The van der Waals surface area contributed by atoms with Crippen molar-refractivity contribution in [2.75, 3.05) is 23.9 Å². The number of aromatic amines is 1. The Labute approximate surface area is 260 Å². The van der Waals surface area contributed by atoms with Gasteiger partial charge in [-0.1, -0.05) is 11.6 Å². The molecule has 0 radical (unpaired) electrons. The highest BCUT2D eigenvalue weighted by molar-refractivity contribution is 6.32. The molecule has 1 saturated carbocycles. The Morgan fingerprint density at radius 2 is 1.70 bits per heavy atom. The second kappa shape index (κ2) is 13.3. The minimum absolute atomic E-state index is 0.0478. The third-order valence-corrected chi connectivity index (χ3v) is 7.14. The van der Waals surface area contributed by atoms with Gasteiger partial charge in [-0.05, 0) is 25.7 Å². The first-order valence-electron chi connectivity index (χ1n) is 13.4. The highest BCUT2D eigenvalue weighted by Gasteiger charge is 2.38. The standard InChI is InChI=1S/C26H23ClF6N10O3/c1-45-23-37-6-13(7-38-23)18-10-35-19(11-34-18)43(24(44)46-12-25(28,29)30)15-4-2-14(3-5-15)40-22-36-8-16(26(31,32)33)20(41-22)21-17(27)9-39-42-21/h6-11,14-15H,2-5,12H2,1H3,(H,39,42)(H,36,40,41)/t14-,15-. The summed E-state index contributed by atoms with van der Waals surface area (Å²) in [6, 6.07) is -0.869. The lowest BCUT2D eigenvalue weighted by Gasteiger charge is -2.35. The Kier molecular flexibility index (Phi) is 9.40. The zero-order chi connectivity index (χ0) is 33.1. The molecule has 4 heterocycles. The smallest absolute Gasteiger partial charge is 0.422 e. The number of halogens is 7. The zero-order valence-corrected chi connectivity index (χ0v) is 24.4. The van der Waals surface area contributed by atoms with Gasteiger partial charge < -0.3 is 14.8 Å². The van der Waals surface area contributed by atoms with Crippen molar-refractivity contribution in [3.05, 3.63) is 47.8 Å². The summed E-state index contributed by atoms with van der Waals surface area (Å²) in [5.74, 6) is -0.163. The van der Waals surface area contributed by atoms with Crippen LogP contribution >= 0.6 is 11.6 Å². The van der Waals surface area contributed by atoms with Gasteiger partial charge in [0.2, 0.25) is 5.95 Å². The lowest BCUT2D eigenvalue weighted by atomic mass is 9.90. The van der Waals surface area contributed by atoms with E-state index in [1.54, 1.807) is 0 Å². The van der Waals surface area contributed by atoms with Crippen LogP contribution in [0.3, 0.4) is 0 Å². The van der Waals surface area contributed by atoms with E-state index in [1.807, 2.05) is 0 Å². The Balaban J connectivity index is 1.32. The number of hydrogen-bond acceptors (Lipinski definition) is 11. The lowest BCUT2D eigenvalue weighted by Crippen LogP contribution is -2.45. The molecule has 46 heavy (non-hydrogen) atoms. The zero-order valence-electron chi connectivity index (χ0n) is 23.6. The van der Waals surface area contributed by atoms with E-state index >= 15 is 0 Å². The van der Waals surface area contributed by atoms with E-state index in [2.05, 4.69) is 50.2 Å². The Hall–Kier alpha value is -4.81. The first-order valence-corrected chi connectivity index (χ1v) is 13.8. The van der Waals surface area contributed by atoms with Crippen molar-refractivity contribution in [2.24, 2.45) is 0 Å². The topological polar surface area (TPSA) is 157 Å². The van der Waals surface area contributed by atoms with Crippen molar-refractivity contribution < 1.29 is 40.6 Å². The molecule has 0 atom stereocenters. The van der Waals surface area contributed by atoms with Crippen LogP contribution in [0.25, 0.3) is 22.6 Å². The molecule has 2 N–H and O–H groups in total. The summed E-state index contributed by atoms with van der Waals surface area (Å²) in [4.78, 5) is 38.3. The highest BCUT2D eigenvalue weighted by Crippen LogP contribution is 2.38. The van der Waals surface area contributed by atoms with E-state index in [0.717, 1.165) is 4.90 Å². The number of H-pyrrole nitrogens is 1. The molecule has 1 amide bonds. The molecule has 0 aromatic carbocycles. The number of anilines is 2. The Morgan fingerprint density at radius 3 is 2.26 bits per heavy atom. The molecule has 4 aromatic heterocycles. The molecule has 1 aliphatic rings. The molecule has 244 valence electrons. The summed E-state index contributed by atoms with van der Waals surface area (Å²) in [7, 11) is 1.40. The van der Waals surface area contributed by atoms with Crippen LogP contribution in [0.5, 0.6) is 6.01 Å². The van der Waals surface area contributed by atoms with E-state index < -0.39 is 42.4 Å². The third-order valence-electron chi connectivity index (χ3n) is 6.85. The van der Waals surface area contributed by atoms with E-state index in [-0.39, 0.29) is 47.4 Å². The normalized spacial score (nSPS) is 17.0. The minimum Gasteiger partial charge on any atom is -0.467 e. The molecule has 4 aromatic rings. The molecular formula is C26H23ClF6N10O3. The summed E-state index contributed by atoms with van der Waals surface area (Å²) in [5.41, 5.74) is -1.05. The van der Waals surface area contributed by atoms with E-state index in [9.17, 15) is 31.1 Å². The molecular weight excluding hydrogens is 650 g/mol. The average molecular weight is 673 g/mol. The van der Waals surface area contributed by atoms with E-state index in [4.69, 9.17) is 16.3 Å². The molecule has 1 aliphatic carbocycles. The first-order chi connectivity index (χ1) is 21.8. The summed E-state index contributed by atoms with van der Waals surface area (Å²) < 4.78 is 89.0. The second-order valence-corrected chi connectivity index (χ2v) is 10.4. The number of carbonyl (C=O) groups is 1. The van der Waals surface area contributed by atoms with E-state index in [0.29, 0.717) is 30.3 Å². The van der Waals surface area contributed by atoms with Gasteiger partial charge in [0.15, 0.2) is 12.4 Å². The van der Waals surface area contributed by atoms with Crippen LogP contribution in [0, 0.1) is 0 Å². The molecule has 20 heteroatoms. The maximum Gasteiger partial charge on any atom is 0.422 e. The van der Waals surface area contributed by atoms with Gasteiger partial charge in [-0.15, -0.1) is 0 Å². The number of carbonyl (C=O) groups excluding carboxylic acids is 1. The number of amides is 1. The van der Waals surface area contributed by atoms with Gasteiger partial charge in [0.05, 0.1) is 30.2 Å². The number of rotatable bonds is 8. The number of ether oxygens (including phenoxy) is 2. The van der Waals surface area contributed by atoms with Gasteiger partial charge in [0.25, 0.3) is 0 Å². The molecule has 0 bridgehead atoms. The van der Waals surface area contributed by atoms with Crippen LogP contribution in [0.15, 0.2) is 37.2 Å². The first kappa shape index (κ1) is 32.6. The van der Waals surface area contributed by atoms with Gasteiger partial charge in [0, 0.05) is 42.4 Å². The molecule has 0 spiro atoms. The molecule has 5 rings (SSSR count). The summed E-state index contributed by atoms with van der Waals surface area (Å²) in [6.07, 6.45) is -2.37. The van der Waals surface area contributed by atoms with Gasteiger partial charge >= 0.3 is 24.5 Å². The number of methoxy groups -OCH3 is 1. The van der Waals surface area contributed by atoms with Crippen molar-refractivity contribution in [1.82, 2.24) is 40.1 Å². The van der Waals surface area contributed by atoms with Gasteiger partial charge in [-0.3, -0.25) is 15.0 Å². The van der Waals surface area contributed by atoms with Gasteiger partial charge in [-0.2, -0.15) is 31.4 Å². The molecule has 0 unspecified atom stereocenters. The number of hydrogen-bond donors (Lipinski definition) is 2. The fourth-order valence-corrected chi connectivity index (χ4v) is 4.91. The van der Waals surface area contributed by atoms with Gasteiger partial charge in [-0.25, -0.2) is 29.7 Å². The third kappa shape index (κ3) is 7.69. The Morgan fingerprint density at radius 1 is 0.978 bits per heavy atom. The predicted molar refractivity (Wildman–Crippen MR) is 149 cm³/mol. The van der Waals surface area contributed by atoms with Crippen LogP contribution in [0.2, 0.25) is 5.02 Å². The number of nitrogens with one attached hydrogen (secondary N) is 2. The number of nitrogens with zero attached hydrogens (tertiary/aromatic N) is 8. The molecule has 13 nitrogen and oxygen atoms in total. The van der Waals surface area contributed by atoms with Crippen molar-refractivity contribution in [2.45, 2.75) is 50.1 Å². The van der Waals surface area contributed by atoms with Crippen LogP contribution < -0.4 is 15.0 Å². The lowest BCUT2D eigenvalue weighted by molar-refractivity contribution is -0.159. The SMILES string of the molecule is COc1ncc(-c2cnc(N(C(=O)OCC(F)(F)F)[C@H]3CC[C@H](Nc4ncc(C(F)(F)F)c(-c5n[nH]cc5Cl)n4)CC3)cn2)cn1. The predicted octanol–water partition coefficient (Wildman–Crippen LogP) is 5.72. The summed E-state index contributed by atoms with van der Waals surface area (Å²) in [5, 5.41) is 9.08. The molecule has 1 fully saturated rings. The Bertz CT molecular complexity index is 1650. The van der Waals surface area contributed by atoms with Crippen LogP contribution in [-0.4, -0.2) is 78.2 Å². The maximum absolute atomic E-state index is 13.6. The fraction of sp³-hybridized carbons (Fsp3) is 0.385. The summed E-state index contributed by atoms with van der Waals surface area (Å²) in [6.45, 7) is -1.80. The number of aromatic nitrogens is 8. The van der Waals surface area contributed by atoms with Crippen molar-refractivity contribution in [1.29, 1.82) is 0 Å². The number of alkyl halides is 6. The summed E-state index contributed by atoms with van der Waals surface area (Å²) >= 11 is 5.99. The molecule has 0 aliphatic heterocycles. The van der Waals surface area contributed by atoms with E-state index in [1.165, 1.54) is 38.1 Å². The monoisotopic (exact) mass is 672 g/mol. The van der Waals surface area contributed by atoms with Crippen molar-refractivity contribution >= 4 is 29.5 Å². The minimum atomic E-state index is -4.78. The average Bonchev–Trinajstić information content (AvgIpc) is 3.46. The van der Waals surface area contributed by atoms with Crippen LogP contribution in [-0.2, 0) is 10.9 Å². The maximum atomic E-state index is 13.6. The largest absolute Gasteiger partial charge is 0.467 e. The van der Waals surface area contributed by atoms with Crippen LogP contribution in [0.4, 0.5) is 42.9 Å². The fourth-order valence-electron chi connectivity index (χ4n) is 4.73. The van der Waals surface area contributed by atoms with Gasteiger partial charge in [0.1, 0.15) is 17.0 Å². The second-order valence-electron chi connectivity index (χ2n) is 9.94.